The van der Waals surface area contributed by atoms with Gasteiger partial charge < -0.3 is 18.9 Å². The number of fused-ring (bicyclic) bond motifs is 1. The Balaban J connectivity index is 1.92. The van der Waals surface area contributed by atoms with Crippen LogP contribution in [0.1, 0.15) is 72.1 Å². The van der Waals surface area contributed by atoms with E-state index in [1.807, 2.05) is 0 Å². The highest BCUT2D eigenvalue weighted by atomic mass is 16.6. The van der Waals surface area contributed by atoms with Crippen molar-refractivity contribution in [3.05, 3.63) is 0 Å². The summed E-state index contributed by atoms with van der Waals surface area (Å²) in [6.07, 6.45) is 9.65. The van der Waals surface area contributed by atoms with E-state index < -0.39 is 0 Å². The number of unbranched alkanes of at least 4 members (excludes halogenated alkanes) is 3. The lowest BCUT2D eigenvalue weighted by atomic mass is 10.0. The molecule has 0 unspecified atom stereocenters. The Morgan fingerprint density at radius 1 is 0.833 bits per heavy atom. The zero-order valence-electron chi connectivity index (χ0n) is 16.0. The lowest BCUT2D eigenvalue weighted by Crippen LogP contribution is -2.44. The summed E-state index contributed by atoms with van der Waals surface area (Å²) in [7, 11) is 0. The van der Waals surface area contributed by atoms with E-state index in [1.165, 1.54) is 12.8 Å². The molecule has 0 amide bonds. The van der Waals surface area contributed by atoms with E-state index in [-0.39, 0.29) is 18.3 Å². The number of rotatable bonds is 13. The van der Waals surface area contributed by atoms with Crippen LogP contribution in [0.3, 0.4) is 0 Å². The molecule has 142 valence electrons. The van der Waals surface area contributed by atoms with E-state index in [2.05, 4.69) is 20.8 Å². The van der Waals surface area contributed by atoms with Gasteiger partial charge >= 0.3 is 0 Å². The van der Waals surface area contributed by atoms with Crippen LogP contribution in [0.25, 0.3) is 0 Å². The van der Waals surface area contributed by atoms with Crippen LogP contribution in [0.2, 0.25) is 0 Å². The van der Waals surface area contributed by atoms with Crippen molar-refractivity contribution in [1.29, 1.82) is 0 Å². The Morgan fingerprint density at radius 3 is 2.21 bits per heavy atom. The molecule has 0 aromatic heterocycles. The molecule has 0 aromatic carbocycles. The highest BCUT2D eigenvalue weighted by Gasteiger charge is 2.49. The second kappa shape index (κ2) is 11.5. The van der Waals surface area contributed by atoms with E-state index in [4.69, 9.17) is 18.9 Å². The fourth-order valence-electron chi connectivity index (χ4n) is 3.31. The van der Waals surface area contributed by atoms with Gasteiger partial charge in [0.15, 0.2) is 0 Å². The van der Waals surface area contributed by atoms with Crippen LogP contribution in [0, 0.1) is 5.92 Å². The van der Waals surface area contributed by atoms with Crippen molar-refractivity contribution in [2.24, 2.45) is 5.92 Å². The summed E-state index contributed by atoms with van der Waals surface area (Å²) in [6.45, 7) is 9.66. The Bertz CT molecular complexity index is 323. The first-order valence-corrected chi connectivity index (χ1v) is 10.3. The zero-order chi connectivity index (χ0) is 17.2. The molecule has 0 aromatic rings. The Hall–Kier alpha value is -0.160. The topological polar surface area (TPSA) is 36.9 Å². The standard InChI is InChI=1S/C20H38O4/c1-4-7-10-21-15-19-20(23-12-9-6-3)18(22-11-8-5-2)14-16-13-17(16)24-19/h16-20H,4-15H2,1-3H3/t16-,17-,18+,19+,20-/m0/s1. The van der Waals surface area contributed by atoms with Crippen molar-refractivity contribution in [2.75, 3.05) is 26.4 Å². The van der Waals surface area contributed by atoms with Crippen molar-refractivity contribution < 1.29 is 18.9 Å². The third-order valence-corrected chi connectivity index (χ3v) is 5.04. The molecule has 2 rings (SSSR count). The molecule has 0 bridgehead atoms. The molecule has 5 atom stereocenters. The first kappa shape index (κ1) is 20.2. The van der Waals surface area contributed by atoms with E-state index in [0.717, 1.165) is 58.3 Å². The summed E-state index contributed by atoms with van der Waals surface area (Å²) in [5.74, 6) is 0.662. The van der Waals surface area contributed by atoms with E-state index in [1.54, 1.807) is 0 Å². The second-order valence-electron chi connectivity index (χ2n) is 7.32. The fourth-order valence-corrected chi connectivity index (χ4v) is 3.31. The molecule has 24 heavy (non-hydrogen) atoms. The monoisotopic (exact) mass is 342 g/mol. The van der Waals surface area contributed by atoms with Gasteiger partial charge in [-0.15, -0.1) is 0 Å². The van der Waals surface area contributed by atoms with Crippen molar-refractivity contribution in [3.8, 4) is 0 Å². The minimum absolute atomic E-state index is 0.0165. The summed E-state index contributed by atoms with van der Waals surface area (Å²) in [5.41, 5.74) is 0. The SMILES string of the molecule is CCCCOC[C@H]1O[C@H]2C[C@H]2C[C@@H](OCCCC)[C@@H]1OCCCC. The lowest BCUT2D eigenvalue weighted by molar-refractivity contribution is -0.151. The Morgan fingerprint density at radius 2 is 1.50 bits per heavy atom. The molecule has 0 spiro atoms. The van der Waals surface area contributed by atoms with E-state index in [0.29, 0.717) is 18.6 Å². The minimum Gasteiger partial charge on any atom is -0.379 e. The van der Waals surface area contributed by atoms with Gasteiger partial charge in [-0.1, -0.05) is 40.0 Å². The quantitative estimate of drug-likeness (QED) is 0.466. The second-order valence-corrected chi connectivity index (χ2v) is 7.32. The van der Waals surface area contributed by atoms with Crippen LogP contribution in [0.4, 0.5) is 0 Å². The molecule has 1 aliphatic heterocycles. The maximum Gasteiger partial charge on any atom is 0.112 e. The number of hydrogen-bond donors (Lipinski definition) is 0. The van der Waals surface area contributed by atoms with Crippen LogP contribution >= 0.6 is 0 Å². The van der Waals surface area contributed by atoms with Gasteiger partial charge in [0.2, 0.25) is 0 Å². The Labute approximate surface area is 148 Å². The molecular weight excluding hydrogens is 304 g/mol. The van der Waals surface area contributed by atoms with Crippen LogP contribution in [0.15, 0.2) is 0 Å². The lowest BCUT2D eigenvalue weighted by Gasteiger charge is -2.32. The predicted molar refractivity (Wildman–Crippen MR) is 96.4 cm³/mol. The highest BCUT2D eigenvalue weighted by molar-refractivity contribution is 4.98. The predicted octanol–water partition coefficient (Wildman–Crippen LogP) is 4.35. The van der Waals surface area contributed by atoms with Crippen LogP contribution < -0.4 is 0 Å². The molecule has 1 saturated heterocycles. The zero-order valence-corrected chi connectivity index (χ0v) is 16.0. The van der Waals surface area contributed by atoms with Crippen molar-refractivity contribution in [1.82, 2.24) is 0 Å². The van der Waals surface area contributed by atoms with Gasteiger partial charge in [-0.25, -0.2) is 0 Å². The molecular formula is C20H38O4. The largest absolute Gasteiger partial charge is 0.379 e. The van der Waals surface area contributed by atoms with Crippen molar-refractivity contribution in [3.63, 3.8) is 0 Å². The molecule has 1 aliphatic carbocycles. The summed E-state index contributed by atoms with van der Waals surface area (Å²) < 4.78 is 24.7. The van der Waals surface area contributed by atoms with Crippen LogP contribution in [-0.2, 0) is 18.9 Å². The van der Waals surface area contributed by atoms with Gasteiger partial charge in [0.05, 0.1) is 18.8 Å². The molecule has 1 heterocycles. The molecule has 2 fully saturated rings. The van der Waals surface area contributed by atoms with Crippen molar-refractivity contribution >= 4 is 0 Å². The average molecular weight is 343 g/mol. The molecule has 1 saturated carbocycles. The average Bonchev–Trinajstić information content (AvgIpc) is 3.32. The smallest absolute Gasteiger partial charge is 0.112 e. The normalized spacial score (nSPS) is 32.4. The first-order chi connectivity index (χ1) is 11.8. The first-order valence-electron chi connectivity index (χ1n) is 10.3. The number of ether oxygens (including phenoxy) is 4. The minimum atomic E-state index is 0.0165. The van der Waals surface area contributed by atoms with Gasteiger partial charge in [-0.3, -0.25) is 0 Å². The van der Waals surface area contributed by atoms with Crippen LogP contribution in [0.5, 0.6) is 0 Å². The van der Waals surface area contributed by atoms with E-state index in [9.17, 15) is 0 Å². The van der Waals surface area contributed by atoms with Gasteiger partial charge in [0.25, 0.3) is 0 Å². The molecule has 0 radical (unpaired) electrons. The van der Waals surface area contributed by atoms with Gasteiger partial charge in [-0.2, -0.15) is 0 Å². The van der Waals surface area contributed by atoms with Crippen LogP contribution in [-0.4, -0.2) is 50.8 Å². The Kier molecular flexibility index (Phi) is 9.62. The maximum atomic E-state index is 6.32. The number of hydrogen-bond acceptors (Lipinski definition) is 4. The highest BCUT2D eigenvalue weighted by Crippen LogP contribution is 2.43. The maximum absolute atomic E-state index is 6.32. The van der Waals surface area contributed by atoms with Gasteiger partial charge in [0, 0.05) is 19.8 Å². The molecule has 0 N–H and O–H groups in total. The van der Waals surface area contributed by atoms with E-state index >= 15 is 0 Å². The summed E-state index contributed by atoms with van der Waals surface area (Å²) >= 11 is 0. The van der Waals surface area contributed by atoms with Gasteiger partial charge in [-0.05, 0) is 38.0 Å². The molecule has 4 heteroatoms. The van der Waals surface area contributed by atoms with Gasteiger partial charge in [0.1, 0.15) is 12.2 Å². The summed E-state index contributed by atoms with van der Waals surface area (Å²) in [5, 5.41) is 0. The third-order valence-electron chi connectivity index (χ3n) is 5.04. The molecule has 2 aliphatic rings. The summed E-state index contributed by atoms with van der Waals surface area (Å²) in [6, 6.07) is 0. The van der Waals surface area contributed by atoms with Crippen molar-refractivity contribution in [2.45, 2.75) is 96.6 Å². The third kappa shape index (κ3) is 6.62. The molecule has 4 nitrogen and oxygen atoms in total. The summed E-state index contributed by atoms with van der Waals surface area (Å²) in [4.78, 5) is 0. The fraction of sp³-hybridized carbons (Fsp3) is 1.00.